The standard InChI is InChI=1S/C13H15N3O/c1-9-11(5-3-7-15-9)13(17)16-12-6-2-4-10(12)8-14/h3,5,7,10,12H,2,4,6H2,1H3,(H,16,17). The van der Waals surface area contributed by atoms with E-state index in [1.165, 1.54) is 0 Å². The lowest BCUT2D eigenvalue weighted by Gasteiger charge is -2.16. The van der Waals surface area contributed by atoms with E-state index in [9.17, 15) is 4.79 Å². The first kappa shape index (κ1) is 11.6. The van der Waals surface area contributed by atoms with Crippen LogP contribution >= 0.6 is 0 Å². The van der Waals surface area contributed by atoms with Crippen molar-refractivity contribution in [3.05, 3.63) is 29.6 Å². The molecular weight excluding hydrogens is 214 g/mol. The van der Waals surface area contributed by atoms with Crippen molar-refractivity contribution in [1.29, 1.82) is 5.26 Å². The highest BCUT2D eigenvalue weighted by Crippen LogP contribution is 2.25. The van der Waals surface area contributed by atoms with E-state index in [4.69, 9.17) is 5.26 Å². The van der Waals surface area contributed by atoms with Crippen LogP contribution in [0.4, 0.5) is 0 Å². The molecule has 1 aliphatic rings. The summed E-state index contributed by atoms with van der Waals surface area (Å²) >= 11 is 0. The first-order chi connectivity index (χ1) is 8.22. The summed E-state index contributed by atoms with van der Waals surface area (Å²) in [7, 11) is 0. The Kier molecular flexibility index (Phi) is 3.38. The lowest BCUT2D eigenvalue weighted by atomic mass is 10.1. The molecule has 1 aromatic rings. The molecule has 0 bridgehead atoms. The third-order valence-corrected chi connectivity index (χ3v) is 3.25. The smallest absolute Gasteiger partial charge is 0.253 e. The number of pyridine rings is 1. The molecule has 1 aliphatic carbocycles. The fourth-order valence-corrected chi connectivity index (χ4v) is 2.26. The second-order valence-corrected chi connectivity index (χ2v) is 4.38. The molecule has 1 N–H and O–H groups in total. The van der Waals surface area contributed by atoms with Gasteiger partial charge in [-0.3, -0.25) is 9.78 Å². The number of nitrogens with zero attached hydrogens (tertiary/aromatic N) is 2. The third kappa shape index (κ3) is 2.44. The van der Waals surface area contributed by atoms with Gasteiger partial charge in [-0.25, -0.2) is 0 Å². The van der Waals surface area contributed by atoms with Gasteiger partial charge in [-0.1, -0.05) is 0 Å². The molecule has 2 unspecified atom stereocenters. The zero-order valence-corrected chi connectivity index (χ0v) is 9.81. The van der Waals surface area contributed by atoms with Gasteiger partial charge in [-0.05, 0) is 38.3 Å². The predicted octanol–water partition coefficient (Wildman–Crippen LogP) is 1.81. The van der Waals surface area contributed by atoms with Crippen LogP contribution in [0.5, 0.6) is 0 Å². The Labute approximate surface area is 101 Å². The minimum Gasteiger partial charge on any atom is -0.348 e. The van der Waals surface area contributed by atoms with E-state index < -0.39 is 0 Å². The number of hydrogen-bond donors (Lipinski definition) is 1. The third-order valence-electron chi connectivity index (χ3n) is 3.25. The Hall–Kier alpha value is -1.89. The fraction of sp³-hybridized carbons (Fsp3) is 0.462. The minimum absolute atomic E-state index is 0.00731. The predicted molar refractivity (Wildman–Crippen MR) is 63.2 cm³/mol. The molecule has 1 aromatic heterocycles. The average Bonchev–Trinajstić information content (AvgIpc) is 2.76. The molecule has 4 nitrogen and oxygen atoms in total. The van der Waals surface area contributed by atoms with Gasteiger partial charge < -0.3 is 5.32 Å². The van der Waals surface area contributed by atoms with Crippen LogP contribution < -0.4 is 5.32 Å². The van der Waals surface area contributed by atoms with Crippen LogP contribution in [0.25, 0.3) is 0 Å². The van der Waals surface area contributed by atoms with Gasteiger partial charge in [-0.2, -0.15) is 5.26 Å². The van der Waals surface area contributed by atoms with Crippen molar-refractivity contribution >= 4 is 5.91 Å². The van der Waals surface area contributed by atoms with Gasteiger partial charge in [0.2, 0.25) is 0 Å². The maximum Gasteiger partial charge on any atom is 0.253 e. The van der Waals surface area contributed by atoms with Gasteiger partial charge in [0, 0.05) is 17.9 Å². The Morgan fingerprint density at radius 2 is 2.41 bits per heavy atom. The van der Waals surface area contributed by atoms with Gasteiger partial charge in [0.05, 0.1) is 17.6 Å². The van der Waals surface area contributed by atoms with Crippen LogP contribution in [0.1, 0.15) is 35.3 Å². The van der Waals surface area contributed by atoms with Crippen molar-refractivity contribution in [2.24, 2.45) is 5.92 Å². The molecule has 1 saturated carbocycles. The SMILES string of the molecule is Cc1ncccc1C(=O)NC1CCCC1C#N. The van der Waals surface area contributed by atoms with E-state index in [-0.39, 0.29) is 17.9 Å². The summed E-state index contributed by atoms with van der Waals surface area (Å²) in [5.74, 6) is -0.168. The number of nitrogens with one attached hydrogen (secondary N) is 1. The van der Waals surface area contributed by atoms with Gasteiger partial charge in [-0.15, -0.1) is 0 Å². The zero-order chi connectivity index (χ0) is 12.3. The average molecular weight is 229 g/mol. The zero-order valence-electron chi connectivity index (χ0n) is 9.81. The number of amides is 1. The highest BCUT2D eigenvalue weighted by molar-refractivity contribution is 5.95. The molecule has 0 radical (unpaired) electrons. The number of carbonyl (C=O) groups excluding carboxylic acids is 1. The molecule has 2 atom stereocenters. The van der Waals surface area contributed by atoms with Gasteiger partial charge >= 0.3 is 0 Å². The second-order valence-electron chi connectivity index (χ2n) is 4.38. The number of aryl methyl sites for hydroxylation is 1. The van der Waals surface area contributed by atoms with Crippen LogP contribution in [0.15, 0.2) is 18.3 Å². The Bertz CT molecular complexity index is 464. The second kappa shape index (κ2) is 4.96. The normalized spacial score (nSPS) is 23.1. The lowest BCUT2D eigenvalue weighted by Crippen LogP contribution is -2.37. The van der Waals surface area contributed by atoms with Gasteiger partial charge in [0.1, 0.15) is 0 Å². The quantitative estimate of drug-likeness (QED) is 0.841. The van der Waals surface area contributed by atoms with Crippen LogP contribution in [0, 0.1) is 24.2 Å². The van der Waals surface area contributed by atoms with Crippen molar-refractivity contribution in [2.75, 3.05) is 0 Å². The maximum absolute atomic E-state index is 12.0. The van der Waals surface area contributed by atoms with Crippen molar-refractivity contribution < 1.29 is 4.79 Å². The van der Waals surface area contributed by atoms with Crippen molar-refractivity contribution in [3.8, 4) is 6.07 Å². The fourth-order valence-electron chi connectivity index (χ4n) is 2.26. The Morgan fingerprint density at radius 3 is 3.12 bits per heavy atom. The summed E-state index contributed by atoms with van der Waals surface area (Å²) in [4.78, 5) is 16.1. The first-order valence-corrected chi connectivity index (χ1v) is 5.84. The number of nitriles is 1. The largest absolute Gasteiger partial charge is 0.348 e. The molecular formula is C13H15N3O. The van der Waals surface area contributed by atoms with Crippen LogP contribution in [0.3, 0.4) is 0 Å². The number of rotatable bonds is 2. The maximum atomic E-state index is 12.0. The summed E-state index contributed by atoms with van der Waals surface area (Å²) in [6.45, 7) is 1.81. The van der Waals surface area contributed by atoms with Crippen molar-refractivity contribution in [3.63, 3.8) is 0 Å². The topological polar surface area (TPSA) is 65.8 Å². The van der Waals surface area contributed by atoms with Crippen molar-refractivity contribution in [1.82, 2.24) is 10.3 Å². The lowest BCUT2D eigenvalue weighted by molar-refractivity contribution is 0.0932. The number of hydrogen-bond acceptors (Lipinski definition) is 3. The van der Waals surface area contributed by atoms with E-state index in [2.05, 4.69) is 16.4 Å². The molecule has 0 aliphatic heterocycles. The van der Waals surface area contributed by atoms with Crippen LogP contribution in [-0.2, 0) is 0 Å². The molecule has 1 amide bonds. The summed E-state index contributed by atoms with van der Waals surface area (Å²) in [5, 5.41) is 11.9. The highest BCUT2D eigenvalue weighted by Gasteiger charge is 2.28. The summed E-state index contributed by atoms with van der Waals surface area (Å²) in [6.07, 6.45) is 4.45. The summed E-state index contributed by atoms with van der Waals surface area (Å²) in [6, 6.07) is 5.75. The van der Waals surface area contributed by atoms with Gasteiger partial charge in [0.25, 0.3) is 5.91 Å². The first-order valence-electron chi connectivity index (χ1n) is 5.84. The van der Waals surface area contributed by atoms with E-state index in [0.29, 0.717) is 5.56 Å². The van der Waals surface area contributed by atoms with Gasteiger partial charge in [0.15, 0.2) is 0 Å². The van der Waals surface area contributed by atoms with E-state index >= 15 is 0 Å². The van der Waals surface area contributed by atoms with Crippen LogP contribution in [0.2, 0.25) is 0 Å². The molecule has 17 heavy (non-hydrogen) atoms. The molecule has 0 spiro atoms. The molecule has 1 heterocycles. The van der Waals surface area contributed by atoms with E-state index in [1.807, 2.05) is 6.92 Å². The summed E-state index contributed by atoms with van der Waals surface area (Å²) in [5.41, 5.74) is 1.31. The minimum atomic E-state index is -0.122. The highest BCUT2D eigenvalue weighted by atomic mass is 16.1. The summed E-state index contributed by atoms with van der Waals surface area (Å²) < 4.78 is 0. The molecule has 0 aromatic carbocycles. The van der Waals surface area contributed by atoms with E-state index in [0.717, 1.165) is 25.0 Å². The molecule has 2 rings (SSSR count). The van der Waals surface area contributed by atoms with E-state index in [1.54, 1.807) is 18.3 Å². The Morgan fingerprint density at radius 1 is 1.59 bits per heavy atom. The molecule has 1 fully saturated rings. The molecule has 88 valence electrons. The molecule has 4 heteroatoms. The number of aromatic nitrogens is 1. The van der Waals surface area contributed by atoms with Crippen molar-refractivity contribution in [2.45, 2.75) is 32.2 Å². The Balaban J connectivity index is 2.08. The van der Waals surface area contributed by atoms with Crippen LogP contribution in [-0.4, -0.2) is 16.9 Å². The monoisotopic (exact) mass is 229 g/mol. The number of carbonyl (C=O) groups is 1. The molecule has 0 saturated heterocycles.